The predicted octanol–water partition coefficient (Wildman–Crippen LogP) is -0.553. The van der Waals surface area contributed by atoms with Crippen LogP contribution in [0.4, 0.5) is 5.82 Å². The van der Waals surface area contributed by atoms with Gasteiger partial charge in [-0.15, -0.1) is 0 Å². The van der Waals surface area contributed by atoms with Gasteiger partial charge in [-0.25, -0.2) is 18.4 Å². The lowest BCUT2D eigenvalue weighted by atomic mass is 10.3. The van der Waals surface area contributed by atoms with Crippen LogP contribution in [0, 0.1) is 0 Å². The van der Waals surface area contributed by atoms with Crippen molar-refractivity contribution < 1.29 is 8.42 Å². The molecular weight excluding hydrogens is 228 g/mol. The van der Waals surface area contributed by atoms with Crippen LogP contribution in [0.15, 0.2) is 11.2 Å². The molecule has 0 bridgehead atoms. The topological polar surface area (TPSA) is 89.2 Å². The summed E-state index contributed by atoms with van der Waals surface area (Å²) in [6, 6.07) is 1.74. The fourth-order valence-electron chi connectivity index (χ4n) is 1.13. The highest BCUT2D eigenvalue weighted by Crippen LogP contribution is 2.13. The Labute approximate surface area is 95.4 Å². The minimum Gasteiger partial charge on any atom is -0.363 e. The Morgan fingerprint density at radius 3 is 2.44 bits per heavy atom. The monoisotopic (exact) mass is 244 g/mol. The van der Waals surface area contributed by atoms with Gasteiger partial charge in [-0.2, -0.15) is 0 Å². The lowest BCUT2D eigenvalue weighted by Crippen LogP contribution is -2.16. The number of hydrogen-bond acceptors (Lipinski definition) is 6. The zero-order valence-corrected chi connectivity index (χ0v) is 10.5. The summed E-state index contributed by atoms with van der Waals surface area (Å²) in [7, 11) is 0.195. The molecule has 1 aromatic rings. The van der Waals surface area contributed by atoms with Gasteiger partial charge in [-0.05, 0) is 6.54 Å². The van der Waals surface area contributed by atoms with E-state index in [1.165, 1.54) is 0 Å². The third-order valence-corrected chi connectivity index (χ3v) is 2.78. The van der Waals surface area contributed by atoms with E-state index in [1.54, 1.807) is 25.1 Å². The molecule has 0 spiro atoms. The zero-order valence-electron chi connectivity index (χ0n) is 9.64. The van der Waals surface area contributed by atoms with Crippen LogP contribution in [0.3, 0.4) is 0 Å². The van der Waals surface area contributed by atoms with Crippen molar-refractivity contribution in [1.29, 1.82) is 0 Å². The first-order valence-corrected chi connectivity index (χ1v) is 6.69. The highest BCUT2D eigenvalue weighted by Gasteiger charge is 2.14. The van der Waals surface area contributed by atoms with E-state index in [4.69, 9.17) is 5.73 Å². The molecule has 90 valence electrons. The number of hydrogen-bond donors (Lipinski definition) is 1. The maximum absolute atomic E-state index is 11.4. The third kappa shape index (κ3) is 3.14. The summed E-state index contributed by atoms with van der Waals surface area (Å²) in [5.74, 6) is 0.568. The molecule has 16 heavy (non-hydrogen) atoms. The Balaban J connectivity index is 3.30. The Morgan fingerprint density at radius 2 is 2.00 bits per heavy atom. The number of nitrogens with two attached hydrogens (primary N) is 1. The predicted molar refractivity (Wildman–Crippen MR) is 62.2 cm³/mol. The Morgan fingerprint density at radius 1 is 1.38 bits per heavy atom. The maximum Gasteiger partial charge on any atom is 0.248 e. The van der Waals surface area contributed by atoms with Crippen molar-refractivity contribution in [2.24, 2.45) is 5.73 Å². The number of anilines is 1. The number of rotatable bonds is 4. The Kier molecular flexibility index (Phi) is 3.82. The summed E-state index contributed by atoms with van der Waals surface area (Å²) in [4.78, 5) is 9.68. The van der Waals surface area contributed by atoms with E-state index in [0.29, 0.717) is 24.5 Å². The van der Waals surface area contributed by atoms with Gasteiger partial charge in [0.2, 0.25) is 15.0 Å². The van der Waals surface area contributed by atoms with E-state index < -0.39 is 9.84 Å². The van der Waals surface area contributed by atoms with Crippen LogP contribution in [-0.2, 0) is 16.3 Å². The normalized spacial score (nSPS) is 11.5. The van der Waals surface area contributed by atoms with Crippen LogP contribution in [0.1, 0.15) is 5.69 Å². The van der Waals surface area contributed by atoms with Crippen molar-refractivity contribution in [2.45, 2.75) is 11.6 Å². The molecule has 0 aliphatic rings. The van der Waals surface area contributed by atoms with Crippen LogP contribution < -0.4 is 10.6 Å². The van der Waals surface area contributed by atoms with E-state index in [9.17, 15) is 8.42 Å². The van der Waals surface area contributed by atoms with Crippen LogP contribution in [0.25, 0.3) is 0 Å². The molecule has 7 heteroatoms. The molecule has 1 heterocycles. The van der Waals surface area contributed by atoms with Crippen molar-refractivity contribution in [2.75, 3.05) is 31.8 Å². The summed E-state index contributed by atoms with van der Waals surface area (Å²) in [5.41, 5.74) is 6.06. The molecular formula is C9H16N4O2S. The molecule has 1 aromatic heterocycles. The molecule has 0 saturated heterocycles. The molecule has 0 radical (unpaired) electrons. The van der Waals surface area contributed by atoms with E-state index >= 15 is 0 Å². The van der Waals surface area contributed by atoms with E-state index in [1.807, 2.05) is 0 Å². The number of aromatic nitrogens is 2. The quantitative estimate of drug-likeness (QED) is 0.715. The van der Waals surface area contributed by atoms with Crippen LogP contribution in [0.5, 0.6) is 0 Å². The summed E-state index contributed by atoms with van der Waals surface area (Å²) in [6.45, 7) is 0.424. The van der Waals surface area contributed by atoms with Crippen molar-refractivity contribution in [1.82, 2.24) is 9.97 Å². The molecule has 0 atom stereocenters. The van der Waals surface area contributed by atoms with Crippen LogP contribution in [-0.4, -0.2) is 45.3 Å². The van der Waals surface area contributed by atoms with Gasteiger partial charge in [0.25, 0.3) is 0 Å². The molecule has 2 N–H and O–H groups in total. The van der Waals surface area contributed by atoms with Gasteiger partial charge in [0.15, 0.2) is 0 Å². The van der Waals surface area contributed by atoms with E-state index in [2.05, 4.69) is 9.97 Å². The Hall–Kier alpha value is -1.21. The molecule has 1 rings (SSSR count). The van der Waals surface area contributed by atoms with Gasteiger partial charge in [0.05, 0.1) is 0 Å². The van der Waals surface area contributed by atoms with Crippen molar-refractivity contribution in [3.05, 3.63) is 11.8 Å². The average Bonchev–Trinajstić information content (AvgIpc) is 2.16. The average molecular weight is 244 g/mol. The van der Waals surface area contributed by atoms with Gasteiger partial charge in [0, 0.05) is 38.5 Å². The van der Waals surface area contributed by atoms with E-state index in [0.717, 1.165) is 6.26 Å². The summed E-state index contributed by atoms with van der Waals surface area (Å²) >= 11 is 0. The second-order valence-corrected chi connectivity index (χ2v) is 5.61. The third-order valence-electron chi connectivity index (χ3n) is 1.94. The molecule has 0 fully saturated rings. The van der Waals surface area contributed by atoms with Gasteiger partial charge in [-0.1, -0.05) is 0 Å². The van der Waals surface area contributed by atoms with Gasteiger partial charge in [-0.3, -0.25) is 0 Å². The minimum absolute atomic E-state index is 0.151. The number of sulfone groups is 1. The van der Waals surface area contributed by atoms with Crippen LogP contribution >= 0.6 is 0 Å². The molecule has 6 nitrogen and oxygen atoms in total. The van der Waals surface area contributed by atoms with Crippen molar-refractivity contribution in [3.8, 4) is 0 Å². The fraction of sp³-hybridized carbons (Fsp3) is 0.556. The van der Waals surface area contributed by atoms with Crippen molar-refractivity contribution in [3.63, 3.8) is 0 Å². The second kappa shape index (κ2) is 4.75. The standard InChI is InChI=1S/C9H16N4O2S/c1-13(2)8-6-7(4-5-10)11-9(12-8)16(3,14)15/h6H,4-5,10H2,1-3H3. The zero-order chi connectivity index (χ0) is 12.3. The summed E-state index contributed by atoms with van der Waals surface area (Å²) in [5, 5.41) is -0.151. The second-order valence-electron chi connectivity index (χ2n) is 3.71. The van der Waals surface area contributed by atoms with Gasteiger partial charge < -0.3 is 10.6 Å². The molecule has 0 unspecified atom stereocenters. The first-order chi connectivity index (χ1) is 7.34. The molecule has 0 aromatic carbocycles. The Bertz CT molecular complexity index is 470. The summed E-state index contributed by atoms with van der Waals surface area (Å²) in [6.07, 6.45) is 1.62. The smallest absolute Gasteiger partial charge is 0.248 e. The number of nitrogens with zero attached hydrogens (tertiary/aromatic N) is 3. The highest BCUT2D eigenvalue weighted by molar-refractivity contribution is 7.90. The van der Waals surface area contributed by atoms with Gasteiger partial charge in [0.1, 0.15) is 5.82 Å². The molecule has 0 saturated carbocycles. The SMILES string of the molecule is CN(C)c1cc(CCN)nc(S(C)(=O)=O)n1. The first kappa shape index (κ1) is 12.9. The fourth-order valence-corrected chi connectivity index (χ4v) is 1.67. The largest absolute Gasteiger partial charge is 0.363 e. The van der Waals surface area contributed by atoms with Crippen molar-refractivity contribution >= 4 is 15.7 Å². The summed E-state index contributed by atoms with van der Waals surface area (Å²) < 4.78 is 22.8. The molecule has 0 amide bonds. The highest BCUT2D eigenvalue weighted by atomic mass is 32.2. The lowest BCUT2D eigenvalue weighted by Gasteiger charge is -2.13. The van der Waals surface area contributed by atoms with Crippen LogP contribution in [0.2, 0.25) is 0 Å². The lowest BCUT2D eigenvalue weighted by molar-refractivity contribution is 0.591. The minimum atomic E-state index is -3.39. The van der Waals surface area contributed by atoms with Gasteiger partial charge >= 0.3 is 0 Å². The van der Waals surface area contributed by atoms with E-state index in [-0.39, 0.29) is 5.16 Å². The maximum atomic E-state index is 11.4. The molecule has 0 aliphatic carbocycles. The molecule has 0 aliphatic heterocycles. The first-order valence-electron chi connectivity index (χ1n) is 4.80.